The fraction of sp³-hybridized carbons (Fsp3) is 0.0204. The van der Waals surface area contributed by atoms with Crippen LogP contribution in [0.15, 0.2) is 376 Å². The van der Waals surface area contributed by atoms with E-state index in [1.165, 1.54) is 70.9 Å². The molecule has 0 bridgehead atoms. The molecule has 0 fully saturated rings. The average Bonchev–Trinajstić information content (AvgIpc) is 0.702. The highest BCUT2D eigenvalue weighted by Gasteiger charge is 2.49. The van der Waals surface area contributed by atoms with Crippen LogP contribution in [0.4, 0.5) is 0 Å². The van der Waals surface area contributed by atoms with Gasteiger partial charge in [0.05, 0.1) is 10.8 Å². The Kier molecular flexibility index (Phi) is 13.1. The molecule has 18 aromatic carbocycles. The van der Waals surface area contributed by atoms with Gasteiger partial charge in [-0.25, -0.2) is 0 Å². The van der Waals surface area contributed by atoms with Crippen LogP contribution in [0.2, 0.25) is 0 Å². The van der Waals surface area contributed by atoms with Gasteiger partial charge in [0.25, 0.3) is 0 Å². The number of hydrogen-bond acceptors (Lipinski definition) is 2. The summed E-state index contributed by atoms with van der Waals surface area (Å²) in [4.78, 5) is 0. The maximum atomic E-state index is 7.29. The van der Waals surface area contributed by atoms with Gasteiger partial charge in [-0.1, -0.05) is 340 Å². The zero-order chi connectivity index (χ0) is 65.9. The number of benzene rings is 18. The van der Waals surface area contributed by atoms with Crippen molar-refractivity contribution >= 4 is 64.6 Å². The lowest BCUT2D eigenvalue weighted by atomic mass is 9.62. The fourth-order valence-electron chi connectivity index (χ4n) is 17.7. The van der Waals surface area contributed by atoms with Gasteiger partial charge >= 0.3 is 0 Å². The number of fused-ring (bicyclic) bond motifs is 10. The number of ether oxygens (including phenoxy) is 2. The van der Waals surface area contributed by atoms with Gasteiger partial charge in [0.1, 0.15) is 23.0 Å². The quantitative estimate of drug-likeness (QED) is 0.134. The Balaban J connectivity index is 0.973. The third-order valence-corrected chi connectivity index (χ3v) is 21.7. The van der Waals surface area contributed by atoms with Crippen LogP contribution >= 0.6 is 0 Å². The fourth-order valence-corrected chi connectivity index (χ4v) is 17.7. The molecule has 0 spiro atoms. The molecule has 2 aliphatic rings. The van der Waals surface area contributed by atoms with Crippen LogP contribution in [0.3, 0.4) is 0 Å². The van der Waals surface area contributed by atoms with E-state index in [1.807, 2.05) is 0 Å². The predicted octanol–water partition coefficient (Wildman–Crippen LogP) is 25.9. The van der Waals surface area contributed by atoms with Crippen LogP contribution in [0, 0.1) is 0 Å². The van der Waals surface area contributed by atoms with E-state index < -0.39 is 10.8 Å². The molecule has 100 heavy (non-hydrogen) atoms. The second-order valence-electron chi connectivity index (χ2n) is 26.7. The molecule has 0 saturated carbocycles. The van der Waals surface area contributed by atoms with Gasteiger partial charge in [0.15, 0.2) is 0 Å². The minimum atomic E-state index is -0.810. The largest absolute Gasteiger partial charge is 0.457 e. The van der Waals surface area contributed by atoms with E-state index in [4.69, 9.17) is 9.47 Å². The summed E-state index contributed by atoms with van der Waals surface area (Å²) in [5.41, 5.74) is 18.8. The van der Waals surface area contributed by atoms with Crippen LogP contribution < -0.4 is 9.47 Å². The van der Waals surface area contributed by atoms with Crippen molar-refractivity contribution < 1.29 is 9.47 Å². The first kappa shape index (κ1) is 57.4. The number of para-hydroxylation sites is 2. The smallest absolute Gasteiger partial charge is 0.132 e. The Morgan fingerprint density at radius 3 is 0.770 bits per heavy atom. The monoisotopic (exact) mass is 1270 g/mol. The van der Waals surface area contributed by atoms with E-state index in [1.54, 1.807) is 0 Å². The van der Waals surface area contributed by atoms with Gasteiger partial charge in [0, 0.05) is 22.3 Å². The van der Waals surface area contributed by atoms with Crippen LogP contribution in [0.5, 0.6) is 23.0 Å². The minimum Gasteiger partial charge on any atom is -0.457 e. The number of rotatable bonds is 9. The standard InChI is InChI=1S/C98H62O2/c1-5-33-65(34-6-1)97(66-35-7-2-8-36-66)87-55-17-19-57-89(87)99-91-59-27-53-81(95(91)97)75-47-25-51-79-85(75)62-86-76(82-54-28-60-92-96(82)98(67-37-9-3-10-38-67,68-39-11-4-12-40-68)88-56-18-20-58-90(88)100-92)48-26-52-80(86)94(79)93-77-49-23-45-73(71-43-21-31-63-29-13-15-41-69(63)71)83(77)61-84-74(46-24-50-78(84)93)72-44-22-32-64-30-14-16-42-70(64)72/h1-62H. The summed E-state index contributed by atoms with van der Waals surface area (Å²) >= 11 is 0. The Morgan fingerprint density at radius 1 is 0.170 bits per heavy atom. The van der Waals surface area contributed by atoms with Gasteiger partial charge < -0.3 is 9.47 Å². The van der Waals surface area contributed by atoms with Gasteiger partial charge in [-0.15, -0.1) is 0 Å². The summed E-state index contributed by atoms with van der Waals surface area (Å²) < 4.78 is 14.6. The highest BCUT2D eigenvalue weighted by molar-refractivity contribution is 6.29. The van der Waals surface area contributed by atoms with Crippen molar-refractivity contribution in [2.45, 2.75) is 10.8 Å². The van der Waals surface area contributed by atoms with Crippen LogP contribution in [-0.2, 0) is 10.8 Å². The van der Waals surface area contributed by atoms with Crippen LogP contribution in [0.1, 0.15) is 44.5 Å². The topological polar surface area (TPSA) is 18.5 Å². The van der Waals surface area contributed by atoms with Crippen molar-refractivity contribution in [3.05, 3.63) is 421 Å². The normalized spacial score (nSPS) is 13.3. The van der Waals surface area contributed by atoms with Crippen LogP contribution in [-0.4, -0.2) is 0 Å². The lowest BCUT2D eigenvalue weighted by Crippen LogP contribution is -2.34. The summed E-state index contributed by atoms with van der Waals surface area (Å²) in [6.07, 6.45) is 0. The zero-order valence-electron chi connectivity index (χ0n) is 54.6. The first-order valence-corrected chi connectivity index (χ1v) is 34.6. The highest BCUT2D eigenvalue weighted by atomic mass is 16.5. The van der Waals surface area contributed by atoms with E-state index in [-0.39, 0.29) is 0 Å². The molecule has 2 heteroatoms. The number of hydrogen-bond donors (Lipinski definition) is 0. The average molecular weight is 1270 g/mol. The van der Waals surface area contributed by atoms with Gasteiger partial charge in [0.2, 0.25) is 0 Å². The van der Waals surface area contributed by atoms with E-state index >= 15 is 0 Å². The summed E-state index contributed by atoms with van der Waals surface area (Å²) in [6, 6.07) is 139. The van der Waals surface area contributed by atoms with Crippen molar-refractivity contribution in [2.24, 2.45) is 0 Å². The predicted molar refractivity (Wildman–Crippen MR) is 415 cm³/mol. The molecule has 20 rings (SSSR count). The SMILES string of the molecule is c1ccc(C2(c3ccccc3)c3ccccc3Oc3cccc(-c4cccc5c(-c6c7cccc(-c8cccc9ccccc89)c7cc7c(-c8cccc9ccccc89)cccc67)c6cccc(-c7cccc8c7C(c7ccccc7)(c7ccccc7)c7ccccc7O8)c6cc45)c32)cc1. The zero-order valence-corrected chi connectivity index (χ0v) is 54.6. The summed E-state index contributed by atoms with van der Waals surface area (Å²) in [5, 5.41) is 14.0. The molecular weight excluding hydrogens is 1210 g/mol. The molecule has 0 radical (unpaired) electrons. The lowest BCUT2D eigenvalue weighted by molar-refractivity contribution is 0.435. The van der Waals surface area contributed by atoms with Gasteiger partial charge in [-0.2, -0.15) is 0 Å². The molecule has 2 heterocycles. The van der Waals surface area contributed by atoms with Gasteiger partial charge in [-0.05, 0) is 179 Å². The summed E-state index contributed by atoms with van der Waals surface area (Å²) in [5.74, 6) is 3.31. The van der Waals surface area contributed by atoms with Crippen LogP contribution in [0.25, 0.3) is 120 Å². The van der Waals surface area contributed by atoms with Crippen molar-refractivity contribution in [2.75, 3.05) is 0 Å². The van der Waals surface area contributed by atoms with Gasteiger partial charge in [-0.3, -0.25) is 0 Å². The van der Waals surface area contributed by atoms with Crippen molar-refractivity contribution in [3.8, 4) is 78.6 Å². The molecule has 0 atom stereocenters. The van der Waals surface area contributed by atoms with E-state index in [9.17, 15) is 0 Å². The molecule has 0 saturated heterocycles. The third kappa shape index (κ3) is 8.44. The van der Waals surface area contributed by atoms with E-state index in [0.29, 0.717) is 0 Å². The molecule has 2 nitrogen and oxygen atoms in total. The molecule has 0 N–H and O–H groups in total. The first-order chi connectivity index (χ1) is 49.6. The summed E-state index contributed by atoms with van der Waals surface area (Å²) in [7, 11) is 0. The summed E-state index contributed by atoms with van der Waals surface area (Å²) in [6.45, 7) is 0. The molecule has 0 aromatic heterocycles. The van der Waals surface area contributed by atoms with Crippen molar-refractivity contribution in [1.82, 2.24) is 0 Å². The van der Waals surface area contributed by atoms with Crippen molar-refractivity contribution in [1.29, 1.82) is 0 Å². The van der Waals surface area contributed by atoms with E-state index in [2.05, 4.69) is 376 Å². The Hall–Kier alpha value is -12.9. The Morgan fingerprint density at radius 2 is 0.410 bits per heavy atom. The first-order valence-electron chi connectivity index (χ1n) is 34.6. The highest BCUT2D eigenvalue weighted by Crippen LogP contribution is 2.62. The van der Waals surface area contributed by atoms with Crippen molar-refractivity contribution in [3.63, 3.8) is 0 Å². The molecule has 0 unspecified atom stereocenters. The molecule has 18 aromatic rings. The second-order valence-corrected chi connectivity index (χ2v) is 26.7. The second kappa shape index (κ2) is 22.9. The molecular formula is C98H62O2. The minimum absolute atomic E-state index is 0.810. The molecule has 0 amide bonds. The Labute approximate surface area is 580 Å². The maximum Gasteiger partial charge on any atom is 0.132 e. The molecule has 2 aliphatic heterocycles. The molecule has 0 aliphatic carbocycles. The molecule has 466 valence electrons. The van der Waals surface area contributed by atoms with E-state index in [0.717, 1.165) is 117 Å². The third-order valence-electron chi connectivity index (χ3n) is 21.7. The Bertz CT molecular complexity index is 5860. The maximum absolute atomic E-state index is 7.29. The lowest BCUT2D eigenvalue weighted by Gasteiger charge is -2.43.